The van der Waals surface area contributed by atoms with Crippen molar-refractivity contribution in [3.05, 3.63) is 45.5 Å². The minimum atomic E-state index is -0.867. The number of nitro benzene ring substituents is 1. The van der Waals surface area contributed by atoms with E-state index in [2.05, 4.69) is 0 Å². The van der Waals surface area contributed by atoms with Crippen molar-refractivity contribution in [1.82, 2.24) is 0 Å². The van der Waals surface area contributed by atoms with Crippen LogP contribution in [0.25, 0.3) is 6.08 Å². The molecule has 0 saturated heterocycles. The molecule has 80 valence electrons. The van der Waals surface area contributed by atoms with Gasteiger partial charge in [-0.25, -0.2) is 0 Å². The molecule has 16 heavy (non-hydrogen) atoms. The second kappa shape index (κ2) is 4.70. The van der Waals surface area contributed by atoms with Gasteiger partial charge in [0.05, 0.1) is 4.92 Å². The standard InChI is InChI=1S/C10H7N3O3/c11-6-8(10(12)14)4-7-2-1-3-9(5-7)13(15)16/h1-5H,(H2,12,14)/b8-4-. The summed E-state index contributed by atoms with van der Waals surface area (Å²) in [6, 6.07) is 7.17. The fourth-order valence-electron chi connectivity index (χ4n) is 1.05. The van der Waals surface area contributed by atoms with Crippen molar-refractivity contribution < 1.29 is 9.72 Å². The Morgan fingerprint density at radius 2 is 2.25 bits per heavy atom. The number of hydrogen-bond acceptors (Lipinski definition) is 4. The molecule has 0 spiro atoms. The number of nitrogens with two attached hydrogens (primary N) is 1. The van der Waals surface area contributed by atoms with E-state index in [1.54, 1.807) is 6.07 Å². The van der Waals surface area contributed by atoms with Crippen LogP contribution in [-0.4, -0.2) is 10.8 Å². The lowest BCUT2D eigenvalue weighted by molar-refractivity contribution is -0.384. The van der Waals surface area contributed by atoms with Gasteiger partial charge in [0.15, 0.2) is 0 Å². The Balaban J connectivity index is 3.16. The van der Waals surface area contributed by atoms with E-state index >= 15 is 0 Å². The van der Waals surface area contributed by atoms with E-state index in [0.29, 0.717) is 5.56 Å². The highest BCUT2D eigenvalue weighted by Gasteiger charge is 2.07. The van der Waals surface area contributed by atoms with Gasteiger partial charge in [-0.3, -0.25) is 14.9 Å². The lowest BCUT2D eigenvalue weighted by atomic mass is 10.1. The molecule has 0 unspecified atom stereocenters. The van der Waals surface area contributed by atoms with Gasteiger partial charge in [0.25, 0.3) is 11.6 Å². The number of carbonyl (C=O) groups is 1. The number of carbonyl (C=O) groups excluding carboxylic acids is 1. The van der Waals surface area contributed by atoms with Crippen molar-refractivity contribution in [2.24, 2.45) is 5.73 Å². The van der Waals surface area contributed by atoms with E-state index in [9.17, 15) is 14.9 Å². The van der Waals surface area contributed by atoms with Gasteiger partial charge in [-0.05, 0) is 11.6 Å². The maximum atomic E-state index is 10.8. The largest absolute Gasteiger partial charge is 0.365 e. The highest BCUT2D eigenvalue weighted by atomic mass is 16.6. The van der Waals surface area contributed by atoms with E-state index < -0.39 is 10.8 Å². The van der Waals surface area contributed by atoms with Crippen LogP contribution < -0.4 is 5.73 Å². The van der Waals surface area contributed by atoms with Crippen molar-refractivity contribution in [3.63, 3.8) is 0 Å². The second-order valence-corrected chi connectivity index (χ2v) is 2.89. The maximum Gasteiger partial charge on any atom is 0.270 e. The number of rotatable bonds is 3. The van der Waals surface area contributed by atoms with Crippen LogP contribution in [0.4, 0.5) is 5.69 Å². The molecule has 0 aromatic heterocycles. The summed E-state index contributed by atoms with van der Waals surface area (Å²) in [5.41, 5.74) is 4.94. The van der Waals surface area contributed by atoms with E-state index in [1.807, 2.05) is 0 Å². The predicted octanol–water partition coefficient (Wildman–Crippen LogP) is 0.987. The first-order valence-electron chi connectivity index (χ1n) is 4.20. The van der Waals surface area contributed by atoms with Gasteiger partial charge >= 0.3 is 0 Å². The molecule has 2 N–H and O–H groups in total. The first-order valence-corrected chi connectivity index (χ1v) is 4.20. The summed E-state index contributed by atoms with van der Waals surface area (Å²) in [7, 11) is 0. The molecule has 0 bridgehead atoms. The first-order chi connectivity index (χ1) is 7.54. The Hall–Kier alpha value is -2.68. The van der Waals surface area contributed by atoms with Crippen molar-refractivity contribution in [2.45, 2.75) is 0 Å². The van der Waals surface area contributed by atoms with Gasteiger partial charge in [-0.2, -0.15) is 5.26 Å². The number of amides is 1. The minimum Gasteiger partial charge on any atom is -0.365 e. The zero-order valence-electron chi connectivity index (χ0n) is 8.08. The van der Waals surface area contributed by atoms with Gasteiger partial charge in [0.2, 0.25) is 0 Å². The average molecular weight is 217 g/mol. The molecule has 1 aromatic rings. The highest BCUT2D eigenvalue weighted by Crippen LogP contribution is 2.15. The van der Waals surface area contributed by atoms with Crippen molar-refractivity contribution in [1.29, 1.82) is 5.26 Å². The molecule has 0 saturated carbocycles. The number of non-ortho nitro benzene ring substituents is 1. The lowest BCUT2D eigenvalue weighted by Gasteiger charge is -1.95. The molecule has 1 rings (SSSR count). The zero-order valence-corrected chi connectivity index (χ0v) is 8.08. The molecule has 0 radical (unpaired) electrons. The van der Waals surface area contributed by atoms with Gasteiger partial charge in [-0.15, -0.1) is 0 Å². The molecule has 6 nitrogen and oxygen atoms in total. The quantitative estimate of drug-likeness (QED) is 0.352. The monoisotopic (exact) mass is 217 g/mol. The SMILES string of the molecule is N#C/C(=C/c1cccc([N+](=O)[O-])c1)C(N)=O. The van der Waals surface area contributed by atoms with Gasteiger partial charge in [-0.1, -0.05) is 12.1 Å². The number of nitrogens with zero attached hydrogens (tertiary/aromatic N) is 2. The minimum absolute atomic E-state index is 0.115. The summed E-state index contributed by atoms with van der Waals surface area (Å²) >= 11 is 0. The predicted molar refractivity (Wildman–Crippen MR) is 55.9 cm³/mol. The van der Waals surface area contributed by atoms with Crippen LogP contribution in [0.5, 0.6) is 0 Å². The molecule has 0 atom stereocenters. The molecular formula is C10H7N3O3. The third-order valence-corrected chi connectivity index (χ3v) is 1.78. The van der Waals surface area contributed by atoms with E-state index in [-0.39, 0.29) is 11.3 Å². The van der Waals surface area contributed by atoms with Crippen LogP contribution in [0.15, 0.2) is 29.8 Å². The van der Waals surface area contributed by atoms with Crippen molar-refractivity contribution in [2.75, 3.05) is 0 Å². The number of benzene rings is 1. The van der Waals surface area contributed by atoms with Gasteiger partial charge in [0, 0.05) is 12.1 Å². The third kappa shape index (κ3) is 2.65. The topological polar surface area (TPSA) is 110 Å². The molecule has 0 fully saturated rings. The Morgan fingerprint density at radius 3 is 2.75 bits per heavy atom. The van der Waals surface area contributed by atoms with E-state index in [4.69, 9.17) is 11.0 Å². The maximum absolute atomic E-state index is 10.8. The van der Waals surface area contributed by atoms with Gasteiger partial charge in [0.1, 0.15) is 11.6 Å². The van der Waals surface area contributed by atoms with Crippen LogP contribution in [0.3, 0.4) is 0 Å². The van der Waals surface area contributed by atoms with Gasteiger partial charge < -0.3 is 5.73 Å². The number of nitriles is 1. The average Bonchev–Trinajstić information content (AvgIpc) is 2.25. The number of primary amides is 1. The number of hydrogen-bond donors (Lipinski definition) is 1. The molecule has 0 aliphatic rings. The summed E-state index contributed by atoms with van der Waals surface area (Å²) in [6.45, 7) is 0. The normalized spacial score (nSPS) is 10.6. The number of nitro groups is 1. The molecule has 6 heteroatoms. The Morgan fingerprint density at radius 1 is 1.56 bits per heavy atom. The summed E-state index contributed by atoms with van der Waals surface area (Å²) in [4.78, 5) is 20.7. The van der Waals surface area contributed by atoms with Crippen LogP contribution in [0, 0.1) is 21.4 Å². The van der Waals surface area contributed by atoms with Crippen LogP contribution >= 0.6 is 0 Å². The molecule has 0 aliphatic heterocycles. The van der Waals surface area contributed by atoms with Crippen molar-refractivity contribution >= 4 is 17.7 Å². The molecule has 1 amide bonds. The molecule has 1 aromatic carbocycles. The third-order valence-electron chi connectivity index (χ3n) is 1.78. The zero-order chi connectivity index (χ0) is 12.1. The molecule has 0 heterocycles. The summed E-state index contributed by atoms with van der Waals surface area (Å²) in [6.07, 6.45) is 1.20. The van der Waals surface area contributed by atoms with Crippen LogP contribution in [0.1, 0.15) is 5.56 Å². The van der Waals surface area contributed by atoms with Crippen LogP contribution in [-0.2, 0) is 4.79 Å². The highest BCUT2D eigenvalue weighted by molar-refractivity contribution is 6.00. The lowest BCUT2D eigenvalue weighted by Crippen LogP contribution is -2.12. The summed E-state index contributed by atoms with van der Waals surface area (Å²) in [5.74, 6) is -0.867. The fraction of sp³-hybridized carbons (Fsp3) is 0. The van der Waals surface area contributed by atoms with Crippen molar-refractivity contribution in [3.8, 4) is 6.07 Å². The summed E-state index contributed by atoms with van der Waals surface area (Å²) < 4.78 is 0. The molecule has 0 aliphatic carbocycles. The fourth-order valence-corrected chi connectivity index (χ4v) is 1.05. The smallest absolute Gasteiger partial charge is 0.270 e. The first kappa shape index (κ1) is 11.4. The summed E-state index contributed by atoms with van der Waals surface area (Å²) in [5, 5.41) is 19.1. The Labute approximate surface area is 90.7 Å². The van der Waals surface area contributed by atoms with E-state index in [0.717, 1.165) is 0 Å². The van der Waals surface area contributed by atoms with E-state index in [1.165, 1.54) is 30.3 Å². The second-order valence-electron chi connectivity index (χ2n) is 2.89. The van der Waals surface area contributed by atoms with Crippen LogP contribution in [0.2, 0.25) is 0 Å². The molecular weight excluding hydrogens is 210 g/mol. The Bertz CT molecular complexity index is 514. The Kier molecular flexibility index (Phi) is 3.35.